The number of hydrogen-bond donors (Lipinski definition) is 1. The van der Waals surface area contributed by atoms with Crippen LogP contribution < -0.4 is 10.1 Å². The van der Waals surface area contributed by atoms with Crippen LogP contribution in [0.3, 0.4) is 0 Å². The lowest BCUT2D eigenvalue weighted by atomic mass is 10.1. The van der Waals surface area contributed by atoms with Gasteiger partial charge in [-0.05, 0) is 37.2 Å². The first-order valence-electron chi connectivity index (χ1n) is 7.21. The first-order valence-corrected chi connectivity index (χ1v) is 7.21. The van der Waals surface area contributed by atoms with E-state index in [1.165, 1.54) is 5.39 Å². The molecule has 1 heterocycles. The van der Waals surface area contributed by atoms with Crippen molar-refractivity contribution in [1.82, 2.24) is 5.32 Å². The van der Waals surface area contributed by atoms with Crippen LogP contribution in [0.2, 0.25) is 0 Å². The maximum absolute atomic E-state index is 6.24. The van der Waals surface area contributed by atoms with Crippen LogP contribution in [-0.2, 0) is 0 Å². The van der Waals surface area contributed by atoms with E-state index in [0.717, 1.165) is 29.9 Å². The van der Waals surface area contributed by atoms with Crippen molar-refractivity contribution >= 4 is 10.8 Å². The largest absolute Gasteiger partial charge is 0.482 e. The van der Waals surface area contributed by atoms with Crippen LogP contribution in [-0.4, -0.2) is 13.6 Å². The highest BCUT2D eigenvalue weighted by Gasteiger charge is 2.17. The molecule has 0 saturated heterocycles. The van der Waals surface area contributed by atoms with Crippen molar-refractivity contribution in [3.8, 4) is 5.75 Å². The molecule has 0 unspecified atom stereocenters. The lowest BCUT2D eigenvalue weighted by Gasteiger charge is -2.18. The van der Waals surface area contributed by atoms with Gasteiger partial charge in [0.1, 0.15) is 11.5 Å². The van der Waals surface area contributed by atoms with Gasteiger partial charge in [-0.15, -0.1) is 0 Å². The molecule has 0 saturated carbocycles. The standard InChI is InChI=1S/C18H19NO2/c1-19-12-11-18(17-10-5-13-20-17)21-16-9-4-7-14-6-2-3-8-15(14)16/h2-10,13,18-19H,11-12H2,1H3/t18-/m0/s1. The summed E-state index contributed by atoms with van der Waals surface area (Å²) in [5.74, 6) is 1.75. The molecule has 3 aromatic rings. The number of hydrogen-bond acceptors (Lipinski definition) is 3. The fourth-order valence-corrected chi connectivity index (χ4v) is 2.46. The molecule has 0 aliphatic heterocycles. The molecular formula is C18H19NO2. The van der Waals surface area contributed by atoms with Gasteiger partial charge in [0.15, 0.2) is 6.10 Å². The maximum atomic E-state index is 6.24. The van der Waals surface area contributed by atoms with Gasteiger partial charge in [0.25, 0.3) is 0 Å². The maximum Gasteiger partial charge on any atom is 0.157 e. The Kier molecular flexibility index (Phi) is 4.22. The third-order valence-corrected chi connectivity index (χ3v) is 3.54. The van der Waals surface area contributed by atoms with E-state index in [0.29, 0.717) is 0 Å². The number of furan rings is 1. The summed E-state index contributed by atoms with van der Waals surface area (Å²) in [5, 5.41) is 5.47. The van der Waals surface area contributed by atoms with Gasteiger partial charge in [-0.1, -0.05) is 36.4 Å². The average Bonchev–Trinajstić information content (AvgIpc) is 3.06. The third kappa shape index (κ3) is 3.09. The van der Waals surface area contributed by atoms with E-state index in [1.807, 2.05) is 43.4 Å². The Hall–Kier alpha value is -2.26. The van der Waals surface area contributed by atoms with Crippen molar-refractivity contribution in [3.63, 3.8) is 0 Å². The smallest absolute Gasteiger partial charge is 0.157 e. The van der Waals surface area contributed by atoms with Gasteiger partial charge in [0, 0.05) is 11.8 Å². The van der Waals surface area contributed by atoms with Crippen LogP contribution in [0.1, 0.15) is 18.3 Å². The molecule has 3 nitrogen and oxygen atoms in total. The number of fused-ring (bicyclic) bond motifs is 1. The quantitative estimate of drug-likeness (QED) is 0.736. The molecule has 3 rings (SSSR count). The predicted molar refractivity (Wildman–Crippen MR) is 84.6 cm³/mol. The van der Waals surface area contributed by atoms with Crippen molar-refractivity contribution in [1.29, 1.82) is 0 Å². The van der Waals surface area contributed by atoms with Crippen LogP contribution in [0.5, 0.6) is 5.75 Å². The Morgan fingerprint density at radius 2 is 1.90 bits per heavy atom. The monoisotopic (exact) mass is 281 g/mol. The van der Waals surface area contributed by atoms with Crippen LogP contribution >= 0.6 is 0 Å². The van der Waals surface area contributed by atoms with Gasteiger partial charge < -0.3 is 14.5 Å². The van der Waals surface area contributed by atoms with E-state index < -0.39 is 0 Å². The van der Waals surface area contributed by atoms with E-state index >= 15 is 0 Å². The normalized spacial score (nSPS) is 12.4. The summed E-state index contributed by atoms with van der Waals surface area (Å²) in [4.78, 5) is 0. The second-order valence-corrected chi connectivity index (χ2v) is 4.99. The summed E-state index contributed by atoms with van der Waals surface area (Å²) in [6, 6.07) is 18.2. The van der Waals surface area contributed by atoms with Gasteiger partial charge in [-0.2, -0.15) is 0 Å². The Balaban J connectivity index is 1.90. The summed E-state index contributed by atoms with van der Waals surface area (Å²) in [7, 11) is 1.94. The molecule has 108 valence electrons. The van der Waals surface area contributed by atoms with Crippen molar-refractivity contribution < 1.29 is 9.15 Å². The summed E-state index contributed by atoms with van der Waals surface area (Å²) >= 11 is 0. The van der Waals surface area contributed by atoms with Crippen LogP contribution in [0, 0.1) is 0 Å². The van der Waals surface area contributed by atoms with E-state index in [1.54, 1.807) is 6.26 Å². The van der Waals surface area contributed by atoms with Crippen LogP contribution in [0.15, 0.2) is 65.3 Å². The summed E-state index contributed by atoms with van der Waals surface area (Å²) in [5.41, 5.74) is 0. The van der Waals surface area contributed by atoms with E-state index in [2.05, 4.69) is 23.5 Å². The fourth-order valence-electron chi connectivity index (χ4n) is 2.46. The summed E-state index contributed by atoms with van der Waals surface area (Å²) in [6.45, 7) is 0.871. The highest BCUT2D eigenvalue weighted by molar-refractivity contribution is 5.88. The first kappa shape index (κ1) is 13.7. The average molecular weight is 281 g/mol. The molecule has 1 aromatic heterocycles. The minimum atomic E-state index is -0.0849. The highest BCUT2D eigenvalue weighted by atomic mass is 16.5. The number of benzene rings is 2. The van der Waals surface area contributed by atoms with E-state index in [9.17, 15) is 0 Å². The SMILES string of the molecule is CNCC[C@H](Oc1cccc2ccccc12)c1ccco1. The molecule has 0 aliphatic carbocycles. The van der Waals surface area contributed by atoms with Gasteiger partial charge in [-0.3, -0.25) is 0 Å². The molecule has 0 spiro atoms. The minimum Gasteiger partial charge on any atom is -0.482 e. The Morgan fingerprint density at radius 3 is 2.71 bits per heavy atom. The van der Waals surface area contributed by atoms with Crippen LogP contribution in [0.25, 0.3) is 10.8 Å². The molecule has 0 amide bonds. The molecule has 3 heteroatoms. The third-order valence-electron chi connectivity index (χ3n) is 3.54. The molecular weight excluding hydrogens is 262 g/mol. The van der Waals surface area contributed by atoms with Gasteiger partial charge >= 0.3 is 0 Å². The minimum absolute atomic E-state index is 0.0849. The predicted octanol–water partition coefficient (Wildman–Crippen LogP) is 4.16. The molecule has 0 fully saturated rings. The lowest BCUT2D eigenvalue weighted by Crippen LogP contribution is -2.16. The number of ether oxygens (including phenoxy) is 1. The molecule has 0 radical (unpaired) electrons. The molecule has 1 atom stereocenters. The Labute approximate surface area is 124 Å². The van der Waals surface area contributed by atoms with E-state index in [-0.39, 0.29) is 6.10 Å². The summed E-state index contributed by atoms with van der Waals surface area (Å²) < 4.78 is 11.8. The molecule has 0 bridgehead atoms. The van der Waals surface area contributed by atoms with Crippen molar-refractivity contribution in [2.45, 2.75) is 12.5 Å². The van der Waals surface area contributed by atoms with Gasteiger partial charge in [0.2, 0.25) is 0 Å². The Morgan fingerprint density at radius 1 is 1.05 bits per heavy atom. The molecule has 0 aliphatic rings. The highest BCUT2D eigenvalue weighted by Crippen LogP contribution is 2.31. The lowest BCUT2D eigenvalue weighted by molar-refractivity contribution is 0.168. The van der Waals surface area contributed by atoms with Gasteiger partial charge in [0.05, 0.1) is 6.26 Å². The van der Waals surface area contributed by atoms with Gasteiger partial charge in [-0.25, -0.2) is 0 Å². The molecule has 21 heavy (non-hydrogen) atoms. The zero-order chi connectivity index (χ0) is 14.5. The zero-order valence-electron chi connectivity index (χ0n) is 12.1. The number of nitrogens with one attached hydrogen (secondary N) is 1. The second-order valence-electron chi connectivity index (χ2n) is 4.99. The number of rotatable bonds is 6. The van der Waals surface area contributed by atoms with Crippen molar-refractivity contribution in [3.05, 3.63) is 66.6 Å². The van der Waals surface area contributed by atoms with Crippen molar-refractivity contribution in [2.75, 3.05) is 13.6 Å². The first-order chi connectivity index (χ1) is 10.4. The van der Waals surface area contributed by atoms with Crippen LogP contribution in [0.4, 0.5) is 0 Å². The fraction of sp³-hybridized carbons (Fsp3) is 0.222. The molecule has 2 aromatic carbocycles. The van der Waals surface area contributed by atoms with E-state index in [4.69, 9.17) is 9.15 Å². The topological polar surface area (TPSA) is 34.4 Å². The Bertz CT molecular complexity index is 686. The van der Waals surface area contributed by atoms with Crippen molar-refractivity contribution in [2.24, 2.45) is 0 Å². The molecule has 1 N–H and O–H groups in total. The second kappa shape index (κ2) is 6.46. The zero-order valence-corrected chi connectivity index (χ0v) is 12.1. The summed E-state index contributed by atoms with van der Waals surface area (Å²) in [6.07, 6.45) is 2.46.